The molecule has 1 aliphatic heterocycles. The predicted molar refractivity (Wildman–Crippen MR) is 153 cm³/mol. The summed E-state index contributed by atoms with van der Waals surface area (Å²) in [5.41, 5.74) is 2.10. The summed E-state index contributed by atoms with van der Waals surface area (Å²) in [6, 6.07) is 17.7. The van der Waals surface area contributed by atoms with Gasteiger partial charge in [-0.05, 0) is 52.7 Å². The minimum atomic E-state index is -0.677. The van der Waals surface area contributed by atoms with Gasteiger partial charge in [0.05, 0.1) is 33.4 Å². The number of hydrogen-bond acceptors (Lipinski definition) is 7. The number of fused-ring (bicyclic) bond motifs is 1. The van der Waals surface area contributed by atoms with Crippen molar-refractivity contribution in [3.8, 4) is 5.75 Å². The van der Waals surface area contributed by atoms with Gasteiger partial charge in [-0.1, -0.05) is 41.7 Å². The van der Waals surface area contributed by atoms with Crippen molar-refractivity contribution in [3.05, 3.63) is 107 Å². The Morgan fingerprint density at radius 2 is 1.89 bits per heavy atom. The van der Waals surface area contributed by atoms with Crippen LogP contribution >= 0.6 is 27.3 Å². The number of ether oxygens (including phenoxy) is 1. The Hall–Kier alpha value is -3.89. The van der Waals surface area contributed by atoms with Crippen molar-refractivity contribution in [2.75, 3.05) is 31.4 Å². The molecule has 0 fully saturated rings. The molecule has 3 heterocycles. The largest absolute Gasteiger partial charge is 0.497 e. The standard InChI is InChI=1S/C28H25BrN4O4S/c1-16-23(25(34)31-18-8-6-5-7-9-18)24(17-10-12-19(36-4)13-11-17)33-26(35)22(38-28(33)30-16)15-20-14-21(29)27(37-20)32(2)3/h5-15,24H,1-4H3,(H,31,34)/b22-15+/t24-/m0/s1. The molecular weight excluding hydrogens is 568 g/mol. The summed E-state index contributed by atoms with van der Waals surface area (Å²) in [6.45, 7) is 1.79. The van der Waals surface area contributed by atoms with Gasteiger partial charge in [-0.25, -0.2) is 4.99 Å². The van der Waals surface area contributed by atoms with Crippen LogP contribution < -0.4 is 29.8 Å². The number of anilines is 2. The van der Waals surface area contributed by atoms with Crippen molar-refractivity contribution >= 4 is 50.8 Å². The Morgan fingerprint density at radius 3 is 2.53 bits per heavy atom. The number of rotatable bonds is 6. The summed E-state index contributed by atoms with van der Waals surface area (Å²) in [5.74, 6) is 1.54. The van der Waals surface area contributed by atoms with Crippen molar-refractivity contribution in [1.29, 1.82) is 0 Å². The second-order valence-electron chi connectivity index (χ2n) is 8.87. The smallest absolute Gasteiger partial charge is 0.271 e. The number of nitrogens with zero attached hydrogens (tertiary/aromatic N) is 3. The first-order chi connectivity index (χ1) is 18.3. The fourth-order valence-corrected chi connectivity index (χ4v) is 6.00. The highest BCUT2D eigenvalue weighted by atomic mass is 79.9. The van der Waals surface area contributed by atoms with E-state index < -0.39 is 6.04 Å². The van der Waals surface area contributed by atoms with E-state index >= 15 is 0 Å². The molecular formula is C28H25BrN4O4S. The minimum Gasteiger partial charge on any atom is -0.497 e. The molecule has 0 saturated heterocycles. The van der Waals surface area contributed by atoms with E-state index in [-0.39, 0.29) is 11.5 Å². The third kappa shape index (κ3) is 4.84. The number of allylic oxidation sites excluding steroid dienone is 1. The number of amides is 1. The van der Waals surface area contributed by atoms with E-state index in [4.69, 9.17) is 9.15 Å². The lowest BCUT2D eigenvalue weighted by molar-refractivity contribution is -0.113. The summed E-state index contributed by atoms with van der Waals surface area (Å²) >= 11 is 4.76. The average molecular weight is 594 g/mol. The zero-order valence-corrected chi connectivity index (χ0v) is 23.6. The van der Waals surface area contributed by atoms with Crippen LogP contribution in [0.1, 0.15) is 24.3 Å². The second kappa shape index (κ2) is 10.5. The van der Waals surface area contributed by atoms with E-state index in [2.05, 4.69) is 26.2 Å². The Bertz CT molecular complexity index is 1720. The van der Waals surface area contributed by atoms with Gasteiger partial charge in [0.15, 0.2) is 4.80 Å². The monoisotopic (exact) mass is 592 g/mol. The van der Waals surface area contributed by atoms with Crippen LogP contribution in [0.2, 0.25) is 0 Å². The summed E-state index contributed by atoms with van der Waals surface area (Å²) in [4.78, 5) is 34.5. The van der Waals surface area contributed by atoms with Crippen LogP contribution in [0.4, 0.5) is 11.6 Å². The highest BCUT2D eigenvalue weighted by Gasteiger charge is 2.32. The minimum absolute atomic E-state index is 0.258. The Labute approximate surface area is 231 Å². The molecule has 1 amide bonds. The fraction of sp³-hybridized carbons (Fsp3) is 0.179. The number of thiazole rings is 1. The molecule has 0 unspecified atom stereocenters. The third-order valence-corrected chi connectivity index (χ3v) is 7.65. The number of para-hydroxylation sites is 1. The second-order valence-corrected chi connectivity index (χ2v) is 10.7. The number of furan rings is 1. The van der Waals surface area contributed by atoms with Gasteiger partial charge < -0.3 is 19.4 Å². The van der Waals surface area contributed by atoms with E-state index in [1.54, 1.807) is 24.7 Å². The van der Waals surface area contributed by atoms with Gasteiger partial charge in [0.1, 0.15) is 11.5 Å². The molecule has 1 atom stereocenters. The molecule has 2 aromatic carbocycles. The van der Waals surface area contributed by atoms with E-state index in [0.717, 1.165) is 10.0 Å². The number of methoxy groups -OCH3 is 1. The Kier molecular flexibility index (Phi) is 7.09. The maximum absolute atomic E-state index is 13.8. The van der Waals surface area contributed by atoms with Crippen LogP contribution in [0.3, 0.4) is 0 Å². The van der Waals surface area contributed by atoms with Gasteiger partial charge in [-0.2, -0.15) is 0 Å². The number of aromatic nitrogens is 1. The van der Waals surface area contributed by atoms with Crippen LogP contribution in [0.15, 0.2) is 90.6 Å². The van der Waals surface area contributed by atoms with Crippen LogP contribution in [0.5, 0.6) is 5.75 Å². The molecule has 1 aliphatic rings. The Balaban J connectivity index is 1.66. The number of carbonyl (C=O) groups excluding carboxylic acids is 1. The SMILES string of the molecule is COc1ccc([C@H]2C(C(=O)Nc3ccccc3)=C(C)N=c3s/c(=C/c4cc(Br)c(N(C)C)o4)c(=O)n32)cc1. The van der Waals surface area contributed by atoms with E-state index in [0.29, 0.717) is 43.7 Å². The summed E-state index contributed by atoms with van der Waals surface area (Å²) < 4.78 is 14.1. The molecule has 0 aliphatic carbocycles. The maximum Gasteiger partial charge on any atom is 0.271 e. The first-order valence-corrected chi connectivity index (χ1v) is 13.4. The molecule has 8 nitrogen and oxygen atoms in total. The lowest BCUT2D eigenvalue weighted by atomic mass is 9.95. The van der Waals surface area contributed by atoms with Gasteiger partial charge in [0.25, 0.3) is 11.5 Å². The molecule has 1 N–H and O–H groups in total. The van der Waals surface area contributed by atoms with Crippen LogP contribution in [0.25, 0.3) is 6.08 Å². The molecule has 10 heteroatoms. The molecule has 0 radical (unpaired) electrons. The quantitative estimate of drug-likeness (QED) is 0.360. The number of hydrogen-bond donors (Lipinski definition) is 1. The Morgan fingerprint density at radius 1 is 1.18 bits per heavy atom. The third-order valence-electron chi connectivity index (χ3n) is 6.10. The normalized spacial score (nSPS) is 15.2. The van der Waals surface area contributed by atoms with Crippen molar-refractivity contribution < 1.29 is 13.9 Å². The number of carbonyl (C=O) groups is 1. The predicted octanol–water partition coefficient (Wildman–Crippen LogP) is 4.30. The molecule has 0 saturated carbocycles. The zero-order chi connectivity index (χ0) is 27.0. The number of nitrogens with one attached hydrogen (secondary N) is 1. The van der Waals surface area contributed by atoms with Gasteiger partial charge in [-0.15, -0.1) is 0 Å². The van der Waals surface area contributed by atoms with Crippen LogP contribution in [-0.2, 0) is 4.79 Å². The highest BCUT2D eigenvalue weighted by Crippen LogP contribution is 2.32. The van der Waals surface area contributed by atoms with Crippen LogP contribution in [-0.4, -0.2) is 31.7 Å². The molecule has 194 valence electrons. The molecule has 38 heavy (non-hydrogen) atoms. The summed E-state index contributed by atoms with van der Waals surface area (Å²) in [6.07, 6.45) is 1.70. The molecule has 0 bridgehead atoms. The molecule has 0 spiro atoms. The van der Waals surface area contributed by atoms with Gasteiger partial charge in [0, 0.05) is 31.9 Å². The van der Waals surface area contributed by atoms with Crippen molar-refractivity contribution in [2.45, 2.75) is 13.0 Å². The molecule has 4 aromatic rings. The summed E-state index contributed by atoms with van der Waals surface area (Å²) in [5, 5.41) is 2.95. The van der Waals surface area contributed by atoms with Gasteiger partial charge in [-0.3, -0.25) is 14.2 Å². The van der Waals surface area contributed by atoms with Gasteiger partial charge >= 0.3 is 0 Å². The first-order valence-electron chi connectivity index (χ1n) is 11.8. The summed E-state index contributed by atoms with van der Waals surface area (Å²) in [7, 11) is 5.34. The van der Waals surface area contributed by atoms with E-state index in [1.807, 2.05) is 79.7 Å². The van der Waals surface area contributed by atoms with Crippen molar-refractivity contribution in [3.63, 3.8) is 0 Å². The van der Waals surface area contributed by atoms with E-state index in [1.165, 1.54) is 11.3 Å². The fourth-order valence-electron chi connectivity index (χ4n) is 4.32. The molecule has 5 rings (SSSR count). The average Bonchev–Trinajstić information content (AvgIpc) is 3.42. The highest BCUT2D eigenvalue weighted by molar-refractivity contribution is 9.10. The first kappa shape index (κ1) is 25.7. The van der Waals surface area contributed by atoms with E-state index in [9.17, 15) is 9.59 Å². The van der Waals surface area contributed by atoms with Crippen molar-refractivity contribution in [2.24, 2.45) is 4.99 Å². The number of halogens is 1. The van der Waals surface area contributed by atoms with Crippen LogP contribution in [0, 0.1) is 0 Å². The maximum atomic E-state index is 13.8. The molecule has 2 aromatic heterocycles. The topological polar surface area (TPSA) is 89.1 Å². The van der Waals surface area contributed by atoms with Gasteiger partial charge in [0.2, 0.25) is 5.88 Å². The van der Waals surface area contributed by atoms with Crippen molar-refractivity contribution in [1.82, 2.24) is 4.57 Å². The zero-order valence-electron chi connectivity index (χ0n) is 21.2. The number of benzene rings is 2. The lowest BCUT2D eigenvalue weighted by Crippen LogP contribution is -2.40. The lowest BCUT2D eigenvalue weighted by Gasteiger charge is -2.25.